The first-order valence-corrected chi connectivity index (χ1v) is 9.46. The molecule has 7 heteroatoms. The molecule has 1 aliphatic rings. The van der Waals surface area contributed by atoms with Crippen LogP contribution in [-0.4, -0.2) is 48.6 Å². The quantitative estimate of drug-likeness (QED) is 0.698. The Morgan fingerprint density at radius 2 is 2.04 bits per heavy atom. The number of methoxy groups -OCH3 is 1. The first-order valence-electron chi connectivity index (χ1n) is 8.67. The van der Waals surface area contributed by atoms with Crippen LogP contribution >= 0.6 is 15.9 Å². The number of piperidine rings is 1. The summed E-state index contributed by atoms with van der Waals surface area (Å²) in [6.45, 7) is 2.12. The van der Waals surface area contributed by atoms with E-state index in [0.29, 0.717) is 12.6 Å². The lowest BCUT2D eigenvalue weighted by atomic mass is 10.1. The normalized spacial score (nSPS) is 15.5. The largest absolute Gasteiger partial charge is 0.468 e. The van der Waals surface area contributed by atoms with Gasteiger partial charge < -0.3 is 15.4 Å². The smallest absolute Gasteiger partial charge is 0.319 e. The number of benzene rings is 1. The van der Waals surface area contributed by atoms with Crippen LogP contribution in [0.4, 0.5) is 17.2 Å². The van der Waals surface area contributed by atoms with E-state index < -0.39 is 0 Å². The van der Waals surface area contributed by atoms with Gasteiger partial charge in [-0.05, 0) is 37.1 Å². The fourth-order valence-electron chi connectivity index (χ4n) is 3.01. The molecular weight excluding hydrogens is 396 g/mol. The molecule has 0 saturated carbocycles. The molecule has 1 aromatic carbocycles. The highest BCUT2D eigenvalue weighted by atomic mass is 79.9. The molecule has 6 nitrogen and oxygen atoms in total. The zero-order valence-electron chi connectivity index (χ0n) is 14.7. The van der Waals surface area contributed by atoms with Gasteiger partial charge in [-0.15, -0.1) is 0 Å². The van der Waals surface area contributed by atoms with Gasteiger partial charge in [0, 0.05) is 47.2 Å². The maximum absolute atomic E-state index is 11.4. The number of nitrogens with one attached hydrogen (secondary N) is 2. The number of esters is 1. The van der Waals surface area contributed by atoms with Crippen molar-refractivity contribution in [2.24, 2.45) is 0 Å². The van der Waals surface area contributed by atoms with Crippen molar-refractivity contribution < 1.29 is 9.53 Å². The van der Waals surface area contributed by atoms with E-state index in [1.54, 1.807) is 6.20 Å². The third-order valence-corrected chi connectivity index (χ3v) is 4.89. The summed E-state index contributed by atoms with van der Waals surface area (Å²) < 4.78 is 5.76. The molecular formula is C19H23BrN4O2. The van der Waals surface area contributed by atoms with Crippen LogP contribution in [-0.2, 0) is 9.53 Å². The highest BCUT2D eigenvalue weighted by molar-refractivity contribution is 9.10. The number of hydrogen-bond acceptors (Lipinski definition) is 6. The maximum Gasteiger partial charge on any atom is 0.319 e. The summed E-state index contributed by atoms with van der Waals surface area (Å²) in [5.74, 6) is 0.681. The Bertz CT molecular complexity index is 748. The van der Waals surface area contributed by atoms with Gasteiger partial charge in [0.25, 0.3) is 0 Å². The van der Waals surface area contributed by atoms with E-state index >= 15 is 0 Å². The second-order valence-electron chi connectivity index (χ2n) is 6.34. The molecule has 0 spiro atoms. The van der Waals surface area contributed by atoms with Gasteiger partial charge in [0.2, 0.25) is 0 Å². The molecule has 0 radical (unpaired) electrons. The number of nitrogens with zero attached hydrogens (tertiary/aromatic N) is 2. The third kappa shape index (κ3) is 5.44. The number of likely N-dealkylation sites (tertiary alicyclic amines) is 1. The number of halogens is 1. The highest BCUT2D eigenvalue weighted by Gasteiger charge is 2.21. The minimum Gasteiger partial charge on any atom is -0.468 e. The predicted molar refractivity (Wildman–Crippen MR) is 107 cm³/mol. The summed E-state index contributed by atoms with van der Waals surface area (Å²) in [6, 6.07) is 12.4. The van der Waals surface area contributed by atoms with Gasteiger partial charge in [-0.25, -0.2) is 4.98 Å². The highest BCUT2D eigenvalue weighted by Crippen LogP contribution is 2.23. The number of anilines is 3. The van der Waals surface area contributed by atoms with Crippen molar-refractivity contribution in [3.05, 3.63) is 47.1 Å². The fraction of sp³-hybridized carbons (Fsp3) is 0.368. The average molecular weight is 419 g/mol. The van der Waals surface area contributed by atoms with Crippen molar-refractivity contribution in [1.29, 1.82) is 0 Å². The number of carbonyl (C=O) groups excluding carboxylic acids is 1. The van der Waals surface area contributed by atoms with Crippen LogP contribution in [0.5, 0.6) is 0 Å². The van der Waals surface area contributed by atoms with E-state index in [9.17, 15) is 4.79 Å². The first kappa shape index (κ1) is 18.7. The molecule has 0 bridgehead atoms. The van der Waals surface area contributed by atoms with E-state index in [4.69, 9.17) is 4.74 Å². The predicted octanol–water partition coefficient (Wildman–Crippen LogP) is 3.64. The second kappa shape index (κ2) is 9.00. The van der Waals surface area contributed by atoms with Gasteiger partial charge in [-0.2, -0.15) is 0 Å². The lowest BCUT2D eigenvalue weighted by Gasteiger charge is -2.31. The van der Waals surface area contributed by atoms with Crippen LogP contribution in [0.3, 0.4) is 0 Å². The summed E-state index contributed by atoms with van der Waals surface area (Å²) in [5.41, 5.74) is 2.01. The van der Waals surface area contributed by atoms with Gasteiger partial charge in [0.05, 0.1) is 13.7 Å². The Hall–Kier alpha value is -2.12. The Kier molecular flexibility index (Phi) is 6.46. The fourth-order valence-corrected chi connectivity index (χ4v) is 3.41. The molecule has 138 valence electrons. The van der Waals surface area contributed by atoms with Crippen molar-refractivity contribution in [3.63, 3.8) is 0 Å². The summed E-state index contributed by atoms with van der Waals surface area (Å²) >= 11 is 3.48. The lowest BCUT2D eigenvalue weighted by Crippen LogP contribution is -2.41. The van der Waals surface area contributed by atoms with E-state index in [-0.39, 0.29) is 5.97 Å². The van der Waals surface area contributed by atoms with Gasteiger partial charge in [0.1, 0.15) is 5.82 Å². The van der Waals surface area contributed by atoms with Gasteiger partial charge in [-0.3, -0.25) is 9.69 Å². The van der Waals surface area contributed by atoms with Gasteiger partial charge in [0.15, 0.2) is 0 Å². The third-order valence-electron chi connectivity index (χ3n) is 4.39. The molecule has 26 heavy (non-hydrogen) atoms. The van der Waals surface area contributed by atoms with Crippen LogP contribution in [0.15, 0.2) is 47.1 Å². The van der Waals surface area contributed by atoms with Crippen molar-refractivity contribution in [2.75, 3.05) is 37.4 Å². The first-order chi connectivity index (χ1) is 12.6. The molecule has 2 N–H and O–H groups in total. The summed E-state index contributed by atoms with van der Waals surface area (Å²) in [4.78, 5) is 17.9. The summed E-state index contributed by atoms with van der Waals surface area (Å²) in [5, 5.41) is 6.89. The van der Waals surface area contributed by atoms with E-state index in [2.05, 4.69) is 36.4 Å². The minimum atomic E-state index is -0.176. The standard InChI is InChI=1S/C19H23BrN4O2/c1-26-19(25)13-24-9-6-15(7-10-24)23-18-12-17(5-8-21-18)22-16-4-2-3-14(20)11-16/h2-5,8,11-12,15H,6-7,9-10,13H2,1H3,(H2,21,22,23). The molecule has 2 heterocycles. The monoisotopic (exact) mass is 418 g/mol. The molecule has 0 aliphatic carbocycles. The van der Waals surface area contributed by atoms with E-state index in [1.807, 2.05) is 36.4 Å². The molecule has 2 aromatic rings. The molecule has 0 unspecified atom stereocenters. The van der Waals surface area contributed by atoms with Crippen LogP contribution < -0.4 is 10.6 Å². The number of carbonyl (C=O) groups is 1. The molecule has 1 fully saturated rings. The molecule has 1 saturated heterocycles. The van der Waals surface area contributed by atoms with E-state index in [1.165, 1.54) is 7.11 Å². The van der Waals surface area contributed by atoms with Gasteiger partial charge in [-0.1, -0.05) is 22.0 Å². The van der Waals surface area contributed by atoms with Gasteiger partial charge >= 0.3 is 5.97 Å². The topological polar surface area (TPSA) is 66.5 Å². The Balaban J connectivity index is 1.54. The summed E-state index contributed by atoms with van der Waals surface area (Å²) in [6.07, 6.45) is 3.75. The SMILES string of the molecule is COC(=O)CN1CCC(Nc2cc(Nc3cccc(Br)c3)ccn2)CC1. The lowest BCUT2D eigenvalue weighted by molar-refractivity contribution is -0.142. The molecule has 1 aliphatic heterocycles. The van der Waals surface area contributed by atoms with E-state index in [0.717, 1.165) is 47.6 Å². The number of pyridine rings is 1. The second-order valence-corrected chi connectivity index (χ2v) is 7.25. The number of rotatable bonds is 6. The van der Waals surface area contributed by atoms with Crippen molar-refractivity contribution in [3.8, 4) is 0 Å². The Morgan fingerprint density at radius 3 is 2.77 bits per heavy atom. The molecule has 0 atom stereocenters. The molecule has 0 amide bonds. The van der Waals surface area contributed by atoms with Crippen molar-refractivity contribution in [2.45, 2.75) is 18.9 Å². The minimum absolute atomic E-state index is 0.176. The number of ether oxygens (including phenoxy) is 1. The zero-order valence-corrected chi connectivity index (χ0v) is 16.3. The molecule has 3 rings (SSSR count). The Morgan fingerprint density at radius 1 is 1.27 bits per heavy atom. The van der Waals surface area contributed by atoms with Crippen LogP contribution in [0.25, 0.3) is 0 Å². The van der Waals surface area contributed by atoms with Crippen molar-refractivity contribution in [1.82, 2.24) is 9.88 Å². The number of aromatic nitrogens is 1. The number of hydrogen-bond donors (Lipinski definition) is 2. The summed E-state index contributed by atoms with van der Waals surface area (Å²) in [7, 11) is 1.43. The molecule has 1 aromatic heterocycles. The Labute approximate surface area is 162 Å². The van der Waals surface area contributed by atoms with Crippen molar-refractivity contribution >= 4 is 39.1 Å². The van der Waals surface area contributed by atoms with Crippen LogP contribution in [0.1, 0.15) is 12.8 Å². The van der Waals surface area contributed by atoms with Crippen LogP contribution in [0, 0.1) is 0 Å². The zero-order chi connectivity index (χ0) is 18.4. The maximum atomic E-state index is 11.4. The average Bonchev–Trinajstić information content (AvgIpc) is 2.63. The van der Waals surface area contributed by atoms with Crippen LogP contribution in [0.2, 0.25) is 0 Å².